The van der Waals surface area contributed by atoms with Crippen molar-refractivity contribution in [2.45, 2.75) is 49.1 Å². The molecule has 2 fully saturated rings. The van der Waals surface area contributed by atoms with Gasteiger partial charge in [0, 0.05) is 0 Å². The minimum Gasteiger partial charge on any atom is -0.394 e. The van der Waals surface area contributed by atoms with E-state index >= 15 is 0 Å². The van der Waals surface area contributed by atoms with Gasteiger partial charge in [0.05, 0.1) is 25.9 Å². The van der Waals surface area contributed by atoms with Gasteiger partial charge in [-0.3, -0.25) is 18.2 Å². The Morgan fingerprint density at radius 1 is 0.829 bits per heavy atom. The lowest BCUT2D eigenvalue weighted by molar-refractivity contribution is -0.0585. The fraction of sp³-hybridized carbons (Fsp3) is 0.500. The maximum atomic E-state index is 12.9. The van der Waals surface area contributed by atoms with Crippen molar-refractivity contribution in [2.24, 2.45) is 0 Å². The molecule has 220 valence electrons. The summed E-state index contributed by atoms with van der Waals surface area (Å²) < 4.78 is 37.1. The zero-order chi connectivity index (χ0) is 29.1. The van der Waals surface area contributed by atoms with Crippen molar-refractivity contribution < 1.29 is 48.4 Å². The number of rotatable bonds is 8. The van der Waals surface area contributed by atoms with E-state index < -0.39 is 70.1 Å². The lowest BCUT2D eigenvalue weighted by Crippen LogP contribution is -2.36. The summed E-state index contributed by atoms with van der Waals surface area (Å²) in [5.74, 6) is 0.184. The third-order valence-electron chi connectivity index (χ3n) is 6.81. The van der Waals surface area contributed by atoms with Crippen LogP contribution in [0.1, 0.15) is 12.5 Å². The molecular formula is C20H25N10O10P. The van der Waals surface area contributed by atoms with Gasteiger partial charge in [0.15, 0.2) is 35.4 Å². The molecule has 5 unspecified atom stereocenters. The number of fused-ring (bicyclic) bond motifs is 2. The van der Waals surface area contributed by atoms with E-state index in [4.69, 9.17) is 30.0 Å². The van der Waals surface area contributed by atoms with Gasteiger partial charge in [-0.15, -0.1) is 0 Å². The molecule has 6 heterocycles. The van der Waals surface area contributed by atoms with Gasteiger partial charge in [-0.1, -0.05) is 0 Å². The molecule has 9 N–H and O–H groups in total. The topological polar surface area (TPSA) is 294 Å². The van der Waals surface area contributed by atoms with Crippen LogP contribution >= 0.6 is 7.82 Å². The highest BCUT2D eigenvalue weighted by molar-refractivity contribution is 7.47. The van der Waals surface area contributed by atoms with Crippen molar-refractivity contribution >= 4 is 41.8 Å². The zero-order valence-electron chi connectivity index (χ0n) is 20.8. The monoisotopic (exact) mass is 596 g/mol. The minimum absolute atomic E-state index is 0.0864. The van der Waals surface area contributed by atoms with Gasteiger partial charge in [0.25, 0.3) is 0 Å². The Hall–Kier alpha value is -3.43. The predicted octanol–water partition coefficient (Wildman–Crippen LogP) is -2.80. The highest BCUT2D eigenvalue weighted by atomic mass is 31.2. The Balaban J connectivity index is 1.14. The first-order valence-corrected chi connectivity index (χ1v) is 13.6. The van der Waals surface area contributed by atoms with Crippen molar-refractivity contribution in [3.8, 4) is 0 Å². The molecule has 4 aromatic heterocycles. The summed E-state index contributed by atoms with van der Waals surface area (Å²) in [6, 6.07) is 0. The average molecular weight is 596 g/mol. The van der Waals surface area contributed by atoms with Crippen LogP contribution in [0.5, 0.6) is 0 Å². The Bertz CT molecular complexity index is 1620. The zero-order valence-corrected chi connectivity index (χ0v) is 21.7. The van der Waals surface area contributed by atoms with Crippen LogP contribution in [0.15, 0.2) is 25.3 Å². The number of imidazole rings is 2. The number of aliphatic hydroxyl groups is 4. The highest BCUT2D eigenvalue weighted by Crippen LogP contribution is 2.49. The molecule has 0 saturated carbocycles. The van der Waals surface area contributed by atoms with Crippen LogP contribution in [-0.2, 0) is 23.1 Å². The molecular weight excluding hydrogens is 571 g/mol. The van der Waals surface area contributed by atoms with Gasteiger partial charge in [-0.05, 0) is 0 Å². The summed E-state index contributed by atoms with van der Waals surface area (Å²) in [6.07, 6.45) is -6.18. The van der Waals surface area contributed by atoms with Crippen molar-refractivity contribution in [3.63, 3.8) is 0 Å². The molecule has 0 spiro atoms. The molecule has 41 heavy (non-hydrogen) atoms. The van der Waals surface area contributed by atoms with Gasteiger partial charge in [-0.25, -0.2) is 34.5 Å². The number of hydrogen-bond donors (Lipinski definition) is 7. The molecule has 0 amide bonds. The summed E-state index contributed by atoms with van der Waals surface area (Å²) in [6.45, 7) is -1.39. The van der Waals surface area contributed by atoms with Crippen LogP contribution in [0.25, 0.3) is 22.3 Å². The van der Waals surface area contributed by atoms with Crippen LogP contribution in [0.2, 0.25) is 0 Å². The third kappa shape index (κ3) is 4.78. The average Bonchev–Trinajstić information content (AvgIpc) is 3.70. The third-order valence-corrected chi connectivity index (χ3v) is 7.79. The lowest BCUT2D eigenvalue weighted by Gasteiger charge is -2.23. The molecule has 6 rings (SSSR count). The molecule has 21 heteroatoms. The molecule has 0 radical (unpaired) electrons. The molecule has 0 aromatic carbocycles. The van der Waals surface area contributed by atoms with E-state index in [0.29, 0.717) is 0 Å². The first-order chi connectivity index (χ1) is 19.6. The highest BCUT2D eigenvalue weighted by Gasteiger charge is 2.50. The van der Waals surface area contributed by atoms with E-state index in [0.717, 1.165) is 0 Å². The maximum Gasteiger partial charge on any atom is 0.472 e. The second-order valence-corrected chi connectivity index (χ2v) is 10.7. The number of phosphoric ester groups is 1. The molecule has 20 nitrogen and oxygen atoms in total. The smallest absolute Gasteiger partial charge is 0.394 e. The summed E-state index contributed by atoms with van der Waals surface area (Å²) >= 11 is 0. The number of nitrogens with zero attached hydrogens (tertiary/aromatic N) is 8. The number of nitrogens with two attached hydrogens (primary N) is 2. The SMILES string of the molecule is Nc1ncnc2c1ncn2[C@@H]1O[C@H](COP(=O)(O)OC2C(O)[C@H](n3cnc4c(N)ncnc43)O[C@@H]2CO)C(O)C1O. The molecule has 2 aliphatic rings. The Morgan fingerprint density at radius 3 is 1.93 bits per heavy atom. The summed E-state index contributed by atoms with van der Waals surface area (Å²) in [7, 11) is -4.96. The summed E-state index contributed by atoms with van der Waals surface area (Å²) in [5, 5.41) is 41.8. The Morgan fingerprint density at radius 2 is 1.37 bits per heavy atom. The second-order valence-electron chi connectivity index (χ2n) is 9.28. The molecule has 0 aliphatic carbocycles. The summed E-state index contributed by atoms with van der Waals surface area (Å²) in [4.78, 5) is 34.4. The van der Waals surface area contributed by atoms with Gasteiger partial charge in [-0.2, -0.15) is 0 Å². The van der Waals surface area contributed by atoms with Crippen LogP contribution < -0.4 is 11.5 Å². The quantitative estimate of drug-likeness (QED) is 0.101. The van der Waals surface area contributed by atoms with Gasteiger partial charge >= 0.3 is 7.82 Å². The first-order valence-electron chi connectivity index (χ1n) is 12.1. The predicted molar refractivity (Wildman–Crippen MR) is 133 cm³/mol. The van der Waals surface area contributed by atoms with E-state index in [1.165, 1.54) is 34.4 Å². The van der Waals surface area contributed by atoms with Crippen molar-refractivity contribution in [2.75, 3.05) is 24.7 Å². The number of ether oxygens (including phenoxy) is 2. The van der Waals surface area contributed by atoms with E-state index in [-0.39, 0.29) is 34.0 Å². The number of nitrogen functional groups attached to an aromatic ring is 2. The number of phosphoric acid groups is 1. The van der Waals surface area contributed by atoms with E-state index in [1.54, 1.807) is 0 Å². The van der Waals surface area contributed by atoms with Crippen LogP contribution in [0.3, 0.4) is 0 Å². The largest absolute Gasteiger partial charge is 0.472 e. The van der Waals surface area contributed by atoms with Crippen molar-refractivity contribution in [3.05, 3.63) is 25.3 Å². The number of hydrogen-bond acceptors (Lipinski definition) is 17. The van der Waals surface area contributed by atoms with Crippen LogP contribution in [-0.4, -0.2) is 114 Å². The second kappa shape index (κ2) is 10.4. The van der Waals surface area contributed by atoms with Gasteiger partial charge < -0.3 is 46.3 Å². The van der Waals surface area contributed by atoms with Crippen LogP contribution in [0, 0.1) is 0 Å². The van der Waals surface area contributed by atoms with Gasteiger partial charge in [0.1, 0.15) is 60.3 Å². The molecule has 2 aliphatic heterocycles. The standard InChI is InChI=1S/C20H25N10O10P/c21-15-9-17(25-3-23-15)29(5-27-9)19-12(33)11(32)8(39-19)2-37-41(35,36)40-14-7(1-31)38-20(13(14)34)30-6-28-10-16(22)24-4-26-18(10)30/h3-8,11-14,19-20,31-34H,1-2H2,(H,35,36)(H2,21,23,25)(H2,22,24,26)/t7-,8-,11?,12?,13?,14?,19-,20-/m1/s1. The van der Waals surface area contributed by atoms with Crippen LogP contribution in [0.4, 0.5) is 11.6 Å². The number of aromatic nitrogens is 8. The molecule has 0 bridgehead atoms. The fourth-order valence-corrected chi connectivity index (χ4v) is 5.75. The van der Waals surface area contributed by atoms with Crippen molar-refractivity contribution in [1.29, 1.82) is 0 Å². The first kappa shape index (κ1) is 27.7. The van der Waals surface area contributed by atoms with E-state index in [2.05, 4.69) is 29.9 Å². The number of aliphatic hydroxyl groups excluding tert-OH is 4. The normalized spacial score (nSPS) is 31.7. The maximum absolute atomic E-state index is 12.9. The minimum atomic E-state index is -4.96. The summed E-state index contributed by atoms with van der Waals surface area (Å²) in [5.41, 5.74) is 12.5. The molecule has 9 atom stereocenters. The van der Waals surface area contributed by atoms with E-state index in [1.807, 2.05) is 0 Å². The number of anilines is 2. The Labute approximate surface area is 228 Å². The van der Waals surface area contributed by atoms with Gasteiger partial charge in [0.2, 0.25) is 0 Å². The fourth-order valence-electron chi connectivity index (χ4n) is 4.79. The van der Waals surface area contributed by atoms with Crippen molar-refractivity contribution in [1.82, 2.24) is 39.0 Å². The lowest BCUT2D eigenvalue weighted by atomic mass is 10.1. The molecule has 2 saturated heterocycles. The Kier molecular flexibility index (Phi) is 7.06. The van der Waals surface area contributed by atoms with E-state index in [9.17, 15) is 29.9 Å². The molecule has 4 aromatic rings.